The van der Waals surface area contributed by atoms with Gasteiger partial charge in [0.05, 0.1) is 24.1 Å². The van der Waals surface area contributed by atoms with Crippen LogP contribution >= 0.6 is 0 Å². The van der Waals surface area contributed by atoms with E-state index >= 15 is 0 Å². The molecule has 1 aliphatic carbocycles. The average molecular weight is 416 g/mol. The van der Waals surface area contributed by atoms with Gasteiger partial charge in [0.2, 0.25) is 5.91 Å². The maximum atomic E-state index is 13.2. The fourth-order valence-electron chi connectivity index (χ4n) is 4.73. The third kappa shape index (κ3) is 4.28. The van der Waals surface area contributed by atoms with Gasteiger partial charge in [-0.15, -0.1) is 0 Å². The number of benzene rings is 1. The Morgan fingerprint density at radius 3 is 2.70 bits per heavy atom. The van der Waals surface area contributed by atoms with Crippen molar-refractivity contribution in [3.63, 3.8) is 0 Å². The summed E-state index contributed by atoms with van der Waals surface area (Å²) in [6.45, 7) is 0.235. The highest BCUT2D eigenvalue weighted by Crippen LogP contribution is 2.33. The molecule has 0 bridgehead atoms. The Morgan fingerprint density at radius 1 is 1.20 bits per heavy atom. The van der Waals surface area contributed by atoms with Crippen molar-refractivity contribution in [2.24, 2.45) is 5.92 Å². The van der Waals surface area contributed by atoms with Crippen molar-refractivity contribution in [1.82, 2.24) is 4.90 Å². The smallest absolute Gasteiger partial charge is 0.305 e. The van der Waals surface area contributed by atoms with E-state index in [9.17, 15) is 14.4 Å². The molecule has 8 nitrogen and oxygen atoms in total. The Balaban J connectivity index is 1.51. The molecule has 2 N–H and O–H groups in total. The van der Waals surface area contributed by atoms with Crippen LogP contribution in [-0.4, -0.2) is 59.7 Å². The zero-order valence-electron chi connectivity index (χ0n) is 17.1. The predicted octanol–water partition coefficient (Wildman–Crippen LogP) is 2.67. The van der Waals surface area contributed by atoms with E-state index in [2.05, 4.69) is 5.32 Å². The van der Waals surface area contributed by atoms with E-state index in [1.807, 2.05) is 0 Å². The van der Waals surface area contributed by atoms with Gasteiger partial charge >= 0.3 is 5.97 Å². The second-order valence-corrected chi connectivity index (χ2v) is 8.45. The van der Waals surface area contributed by atoms with E-state index in [1.54, 1.807) is 30.1 Å². The Morgan fingerprint density at radius 2 is 1.97 bits per heavy atom. The van der Waals surface area contributed by atoms with Gasteiger partial charge in [-0.25, -0.2) is 0 Å². The van der Waals surface area contributed by atoms with Gasteiger partial charge in [0.1, 0.15) is 18.5 Å². The molecule has 2 aliphatic heterocycles. The molecule has 2 heterocycles. The molecule has 1 saturated carbocycles. The van der Waals surface area contributed by atoms with Gasteiger partial charge in [-0.2, -0.15) is 0 Å². The van der Waals surface area contributed by atoms with Crippen LogP contribution in [0.15, 0.2) is 18.2 Å². The van der Waals surface area contributed by atoms with Crippen molar-refractivity contribution in [3.8, 4) is 5.75 Å². The van der Waals surface area contributed by atoms with Crippen LogP contribution in [-0.2, 0) is 14.3 Å². The van der Waals surface area contributed by atoms with Crippen LogP contribution in [0.25, 0.3) is 0 Å². The standard InChI is InChI=1S/C22H28N2O6/c1-24-17-8-7-15(11-20(25)26)30-19(17)12-29-18-9-6-14(10-16(18)22(24)28)23-21(27)13-4-2-3-5-13/h6,9-10,13,15,17,19H,2-5,7-8,11-12H2,1H3,(H,23,27)(H,25,26)/t15-,17+,19-/m1/s1. The van der Waals surface area contributed by atoms with E-state index in [4.69, 9.17) is 14.6 Å². The van der Waals surface area contributed by atoms with Crippen LogP contribution < -0.4 is 10.1 Å². The minimum absolute atomic E-state index is 0.00485. The minimum atomic E-state index is -0.896. The largest absolute Gasteiger partial charge is 0.490 e. The van der Waals surface area contributed by atoms with Crippen molar-refractivity contribution in [2.45, 2.75) is 63.2 Å². The first kappa shape index (κ1) is 20.7. The lowest BCUT2D eigenvalue weighted by atomic mass is 9.94. The summed E-state index contributed by atoms with van der Waals surface area (Å²) in [4.78, 5) is 38.3. The van der Waals surface area contributed by atoms with E-state index in [0.717, 1.165) is 25.7 Å². The Labute approximate surface area is 175 Å². The molecule has 0 unspecified atom stereocenters. The number of anilines is 1. The number of likely N-dealkylation sites (N-methyl/N-ethyl adjacent to an activating group) is 1. The lowest BCUT2D eigenvalue weighted by molar-refractivity contribution is -0.148. The van der Waals surface area contributed by atoms with Crippen LogP contribution in [0.2, 0.25) is 0 Å². The number of nitrogens with zero attached hydrogens (tertiary/aromatic N) is 1. The van der Waals surface area contributed by atoms with Crippen LogP contribution in [0.1, 0.15) is 55.3 Å². The fourth-order valence-corrected chi connectivity index (χ4v) is 4.73. The molecule has 4 rings (SSSR count). The lowest BCUT2D eigenvalue weighted by Crippen LogP contribution is -2.53. The van der Waals surface area contributed by atoms with Crippen molar-refractivity contribution in [3.05, 3.63) is 23.8 Å². The SMILES string of the molecule is CN1C(=O)c2cc(NC(=O)C3CCCC3)ccc2OC[C@H]2O[C@@H](CC(=O)O)CC[C@@H]21. The maximum Gasteiger partial charge on any atom is 0.305 e. The van der Waals surface area contributed by atoms with Crippen LogP contribution in [0.4, 0.5) is 5.69 Å². The van der Waals surface area contributed by atoms with Crippen LogP contribution in [0.3, 0.4) is 0 Å². The van der Waals surface area contributed by atoms with E-state index in [1.165, 1.54) is 0 Å². The number of nitrogens with one attached hydrogen (secondary N) is 1. The predicted molar refractivity (Wildman–Crippen MR) is 109 cm³/mol. The third-order valence-corrected chi connectivity index (χ3v) is 6.41. The van der Waals surface area contributed by atoms with Gasteiger partial charge in [0.15, 0.2) is 0 Å². The van der Waals surface area contributed by atoms with E-state index in [-0.39, 0.29) is 49.0 Å². The van der Waals surface area contributed by atoms with Gasteiger partial charge < -0.3 is 24.8 Å². The molecule has 1 aromatic carbocycles. The number of carbonyl (C=O) groups is 3. The Bertz CT molecular complexity index is 835. The minimum Gasteiger partial charge on any atom is -0.490 e. The number of carbonyl (C=O) groups excluding carboxylic acids is 2. The molecule has 3 atom stereocenters. The van der Waals surface area contributed by atoms with Crippen molar-refractivity contribution in [2.75, 3.05) is 19.0 Å². The normalized spacial score (nSPS) is 26.8. The molecule has 0 aromatic heterocycles. The Hall–Kier alpha value is -2.61. The number of rotatable bonds is 4. The number of carboxylic acids is 1. The van der Waals surface area contributed by atoms with Gasteiger partial charge in [-0.05, 0) is 43.9 Å². The van der Waals surface area contributed by atoms with Crippen LogP contribution in [0.5, 0.6) is 5.75 Å². The van der Waals surface area contributed by atoms with Gasteiger partial charge in [-0.1, -0.05) is 12.8 Å². The van der Waals surface area contributed by atoms with Gasteiger partial charge in [0.25, 0.3) is 5.91 Å². The van der Waals surface area contributed by atoms with Gasteiger partial charge in [-0.3, -0.25) is 14.4 Å². The highest BCUT2D eigenvalue weighted by molar-refractivity contribution is 6.00. The molecule has 3 aliphatic rings. The summed E-state index contributed by atoms with van der Waals surface area (Å²) in [5.41, 5.74) is 1.00. The monoisotopic (exact) mass is 416 g/mol. The van der Waals surface area contributed by atoms with Gasteiger partial charge in [0, 0.05) is 18.7 Å². The maximum absolute atomic E-state index is 13.2. The molecule has 0 spiro atoms. The number of ether oxygens (including phenoxy) is 2. The third-order valence-electron chi connectivity index (χ3n) is 6.41. The van der Waals surface area contributed by atoms with E-state index in [0.29, 0.717) is 29.8 Å². The molecule has 1 aromatic rings. The number of fused-ring (bicyclic) bond motifs is 2. The highest BCUT2D eigenvalue weighted by atomic mass is 16.5. The topological polar surface area (TPSA) is 105 Å². The molecule has 1 saturated heterocycles. The summed E-state index contributed by atoms with van der Waals surface area (Å²) in [7, 11) is 1.74. The molecule has 8 heteroatoms. The van der Waals surface area contributed by atoms with Crippen molar-refractivity contribution in [1.29, 1.82) is 0 Å². The molecule has 2 fully saturated rings. The zero-order valence-corrected chi connectivity index (χ0v) is 17.1. The number of carboxylic acid groups (broad SMARTS) is 1. The summed E-state index contributed by atoms with van der Waals surface area (Å²) >= 11 is 0. The first-order chi connectivity index (χ1) is 14.4. The molecular formula is C22H28N2O6. The second kappa shape index (κ2) is 8.63. The molecule has 0 radical (unpaired) electrons. The summed E-state index contributed by atoms with van der Waals surface area (Å²) in [5.74, 6) is -0.608. The summed E-state index contributed by atoms with van der Waals surface area (Å²) in [5, 5.41) is 12.0. The molecular weight excluding hydrogens is 388 g/mol. The summed E-state index contributed by atoms with van der Waals surface area (Å²) in [6.07, 6.45) is 4.41. The van der Waals surface area contributed by atoms with E-state index < -0.39 is 5.97 Å². The number of hydrogen-bond donors (Lipinski definition) is 2. The first-order valence-corrected chi connectivity index (χ1v) is 10.6. The number of amides is 2. The first-order valence-electron chi connectivity index (χ1n) is 10.6. The van der Waals surface area contributed by atoms with Crippen molar-refractivity contribution < 1.29 is 29.0 Å². The summed E-state index contributed by atoms with van der Waals surface area (Å²) < 4.78 is 11.8. The molecule has 30 heavy (non-hydrogen) atoms. The highest BCUT2D eigenvalue weighted by Gasteiger charge is 2.39. The number of hydrogen-bond acceptors (Lipinski definition) is 5. The average Bonchev–Trinajstić information content (AvgIpc) is 3.26. The number of aliphatic carboxylic acids is 1. The van der Waals surface area contributed by atoms with Crippen LogP contribution in [0, 0.1) is 5.92 Å². The van der Waals surface area contributed by atoms with Crippen molar-refractivity contribution >= 4 is 23.5 Å². The second-order valence-electron chi connectivity index (χ2n) is 8.45. The lowest BCUT2D eigenvalue weighted by Gasteiger charge is -2.42. The Kier molecular flexibility index (Phi) is 5.94. The quantitative estimate of drug-likeness (QED) is 0.782. The fraction of sp³-hybridized carbons (Fsp3) is 0.591. The molecule has 2 amide bonds. The zero-order chi connectivity index (χ0) is 21.3. The summed E-state index contributed by atoms with van der Waals surface area (Å²) in [6, 6.07) is 4.93. The molecule has 162 valence electrons.